The highest BCUT2D eigenvalue weighted by Gasteiger charge is 1.95. The van der Waals surface area contributed by atoms with Crippen molar-refractivity contribution in [3.63, 3.8) is 0 Å². The third kappa shape index (κ3) is 4.37. The van der Waals surface area contributed by atoms with Gasteiger partial charge in [-0.05, 0) is 48.5 Å². The van der Waals surface area contributed by atoms with Crippen LogP contribution in [0.25, 0.3) is 0 Å². The zero-order valence-electron chi connectivity index (χ0n) is 11.1. The topological polar surface area (TPSA) is 80.2 Å². The molecule has 0 bridgehead atoms. The van der Waals surface area contributed by atoms with E-state index in [4.69, 9.17) is 15.6 Å². The Bertz CT molecular complexity index is 550. The SMILES string of the molecule is Nc1ccc(N=Nc2ccc(OCCCO)cc2)cc1. The van der Waals surface area contributed by atoms with Crippen LogP contribution in [0.4, 0.5) is 17.1 Å². The molecule has 0 aliphatic heterocycles. The summed E-state index contributed by atoms with van der Waals surface area (Å²) in [4.78, 5) is 0. The number of hydrogen-bond acceptors (Lipinski definition) is 5. The number of nitrogens with zero attached hydrogens (tertiary/aromatic N) is 2. The van der Waals surface area contributed by atoms with Crippen LogP contribution in [0.2, 0.25) is 0 Å². The van der Waals surface area contributed by atoms with Gasteiger partial charge >= 0.3 is 0 Å². The second-order valence-electron chi connectivity index (χ2n) is 4.21. The van der Waals surface area contributed by atoms with E-state index in [0.717, 1.165) is 17.1 Å². The van der Waals surface area contributed by atoms with E-state index in [-0.39, 0.29) is 6.61 Å². The lowest BCUT2D eigenvalue weighted by molar-refractivity contribution is 0.233. The zero-order valence-corrected chi connectivity index (χ0v) is 11.1. The van der Waals surface area contributed by atoms with Gasteiger partial charge in [0.2, 0.25) is 0 Å². The molecule has 0 saturated heterocycles. The van der Waals surface area contributed by atoms with Crippen LogP contribution in [-0.4, -0.2) is 18.3 Å². The quantitative estimate of drug-likeness (QED) is 0.479. The normalized spacial score (nSPS) is 10.8. The predicted molar refractivity (Wildman–Crippen MR) is 78.7 cm³/mol. The van der Waals surface area contributed by atoms with Crippen molar-refractivity contribution in [2.75, 3.05) is 18.9 Å². The third-order valence-corrected chi connectivity index (χ3v) is 2.58. The molecule has 0 aliphatic carbocycles. The number of aliphatic hydroxyl groups is 1. The molecule has 0 unspecified atom stereocenters. The lowest BCUT2D eigenvalue weighted by Gasteiger charge is -2.04. The Balaban J connectivity index is 1.94. The first-order valence-corrected chi connectivity index (χ1v) is 6.39. The Labute approximate surface area is 117 Å². The van der Waals surface area contributed by atoms with E-state index in [9.17, 15) is 0 Å². The smallest absolute Gasteiger partial charge is 0.119 e. The number of aliphatic hydroxyl groups excluding tert-OH is 1. The van der Waals surface area contributed by atoms with Crippen LogP contribution in [0.15, 0.2) is 58.8 Å². The maximum absolute atomic E-state index is 8.67. The number of benzene rings is 2. The molecular weight excluding hydrogens is 254 g/mol. The third-order valence-electron chi connectivity index (χ3n) is 2.58. The summed E-state index contributed by atoms with van der Waals surface area (Å²) in [6.07, 6.45) is 0.624. The molecule has 0 saturated carbocycles. The van der Waals surface area contributed by atoms with Gasteiger partial charge in [0.15, 0.2) is 0 Å². The summed E-state index contributed by atoms with van der Waals surface area (Å²) in [6.45, 7) is 0.636. The molecule has 0 amide bonds. The van der Waals surface area contributed by atoms with Crippen LogP contribution >= 0.6 is 0 Å². The van der Waals surface area contributed by atoms with Crippen LogP contribution < -0.4 is 10.5 Å². The molecule has 2 rings (SSSR count). The number of nitrogens with two attached hydrogens (primary N) is 1. The second kappa shape index (κ2) is 7.25. The molecule has 0 spiro atoms. The van der Waals surface area contributed by atoms with Gasteiger partial charge in [-0.15, -0.1) is 0 Å². The van der Waals surface area contributed by atoms with E-state index in [1.54, 1.807) is 12.1 Å². The summed E-state index contributed by atoms with van der Waals surface area (Å²) < 4.78 is 5.43. The molecule has 2 aromatic rings. The second-order valence-corrected chi connectivity index (χ2v) is 4.21. The van der Waals surface area contributed by atoms with Crippen molar-refractivity contribution < 1.29 is 9.84 Å². The zero-order chi connectivity index (χ0) is 14.2. The average molecular weight is 271 g/mol. The van der Waals surface area contributed by atoms with Crippen molar-refractivity contribution in [3.05, 3.63) is 48.5 Å². The van der Waals surface area contributed by atoms with Crippen molar-refractivity contribution in [1.82, 2.24) is 0 Å². The molecule has 5 nitrogen and oxygen atoms in total. The minimum atomic E-state index is 0.133. The van der Waals surface area contributed by atoms with Gasteiger partial charge in [0.25, 0.3) is 0 Å². The number of nitrogen functional groups attached to an aromatic ring is 1. The fourth-order valence-electron chi connectivity index (χ4n) is 1.52. The standard InChI is InChI=1S/C15H17N3O2/c16-12-2-4-13(5-3-12)17-18-14-6-8-15(9-7-14)20-11-1-10-19/h2-9,19H,1,10-11,16H2. The summed E-state index contributed by atoms with van der Waals surface area (Å²) in [5.74, 6) is 0.755. The first-order valence-electron chi connectivity index (χ1n) is 6.39. The molecule has 3 N–H and O–H groups in total. The van der Waals surface area contributed by atoms with Crippen molar-refractivity contribution in [2.24, 2.45) is 10.2 Å². The van der Waals surface area contributed by atoms with Gasteiger partial charge in [0.05, 0.1) is 18.0 Å². The van der Waals surface area contributed by atoms with Crippen LogP contribution in [-0.2, 0) is 0 Å². The number of rotatable bonds is 6. The van der Waals surface area contributed by atoms with Crippen molar-refractivity contribution in [1.29, 1.82) is 0 Å². The van der Waals surface area contributed by atoms with E-state index in [0.29, 0.717) is 18.7 Å². The number of ether oxygens (including phenoxy) is 1. The first-order chi connectivity index (χ1) is 9.78. The van der Waals surface area contributed by atoms with Crippen molar-refractivity contribution >= 4 is 17.1 Å². The summed E-state index contributed by atoms with van der Waals surface area (Å²) in [5.41, 5.74) is 7.80. The number of hydrogen-bond donors (Lipinski definition) is 2. The summed E-state index contributed by atoms with van der Waals surface area (Å²) in [6, 6.07) is 14.5. The van der Waals surface area contributed by atoms with Gasteiger partial charge in [0.1, 0.15) is 5.75 Å². The van der Waals surface area contributed by atoms with Gasteiger partial charge in [-0.2, -0.15) is 10.2 Å². The molecule has 0 radical (unpaired) electrons. The molecule has 0 atom stereocenters. The van der Waals surface area contributed by atoms with E-state index in [2.05, 4.69) is 10.2 Å². The molecule has 0 aliphatic rings. The maximum Gasteiger partial charge on any atom is 0.119 e. The molecule has 104 valence electrons. The Kier molecular flexibility index (Phi) is 5.08. The van der Waals surface area contributed by atoms with E-state index in [1.165, 1.54) is 0 Å². The Morgan fingerprint density at radius 1 is 0.900 bits per heavy atom. The first kappa shape index (κ1) is 14.0. The Hall–Kier alpha value is -2.40. The van der Waals surface area contributed by atoms with Crippen LogP contribution in [0.5, 0.6) is 5.75 Å². The molecule has 20 heavy (non-hydrogen) atoms. The Morgan fingerprint density at radius 3 is 2.00 bits per heavy atom. The van der Waals surface area contributed by atoms with E-state index < -0.39 is 0 Å². The van der Waals surface area contributed by atoms with Gasteiger partial charge in [0, 0.05) is 18.7 Å². The number of anilines is 1. The molecule has 0 fully saturated rings. The van der Waals surface area contributed by atoms with Crippen molar-refractivity contribution in [3.8, 4) is 5.75 Å². The van der Waals surface area contributed by atoms with E-state index in [1.807, 2.05) is 36.4 Å². The predicted octanol–water partition coefficient (Wildman–Crippen LogP) is 3.45. The van der Waals surface area contributed by atoms with Gasteiger partial charge in [-0.1, -0.05) is 0 Å². The minimum absolute atomic E-state index is 0.133. The largest absolute Gasteiger partial charge is 0.494 e. The highest BCUT2D eigenvalue weighted by molar-refractivity contribution is 5.48. The minimum Gasteiger partial charge on any atom is -0.494 e. The summed E-state index contributed by atoms with van der Waals surface area (Å²) in [5, 5.41) is 16.9. The lowest BCUT2D eigenvalue weighted by Crippen LogP contribution is -1.99. The van der Waals surface area contributed by atoms with Gasteiger partial charge in [-0.3, -0.25) is 0 Å². The van der Waals surface area contributed by atoms with Crippen molar-refractivity contribution in [2.45, 2.75) is 6.42 Å². The van der Waals surface area contributed by atoms with Gasteiger partial charge in [-0.25, -0.2) is 0 Å². The molecule has 0 aromatic heterocycles. The number of azo groups is 1. The highest BCUT2D eigenvalue weighted by atomic mass is 16.5. The molecule has 2 aromatic carbocycles. The van der Waals surface area contributed by atoms with Crippen LogP contribution in [0, 0.1) is 0 Å². The fourth-order valence-corrected chi connectivity index (χ4v) is 1.52. The van der Waals surface area contributed by atoms with Crippen LogP contribution in [0.3, 0.4) is 0 Å². The Morgan fingerprint density at radius 2 is 1.45 bits per heavy atom. The summed E-state index contributed by atoms with van der Waals surface area (Å²) >= 11 is 0. The molecule has 5 heteroatoms. The van der Waals surface area contributed by atoms with E-state index >= 15 is 0 Å². The lowest BCUT2D eigenvalue weighted by atomic mass is 10.3. The van der Waals surface area contributed by atoms with Gasteiger partial charge < -0.3 is 15.6 Å². The van der Waals surface area contributed by atoms with Crippen LogP contribution in [0.1, 0.15) is 6.42 Å². The average Bonchev–Trinajstić information content (AvgIpc) is 2.48. The highest BCUT2D eigenvalue weighted by Crippen LogP contribution is 2.21. The summed E-state index contributed by atoms with van der Waals surface area (Å²) in [7, 11) is 0. The molecule has 0 heterocycles. The maximum atomic E-state index is 8.67. The fraction of sp³-hybridized carbons (Fsp3) is 0.200. The molecular formula is C15H17N3O2. The monoisotopic (exact) mass is 271 g/mol.